The Morgan fingerprint density at radius 1 is 1.00 bits per heavy atom. The molecule has 1 aliphatic rings. The Morgan fingerprint density at radius 2 is 1.60 bits per heavy atom. The summed E-state index contributed by atoms with van der Waals surface area (Å²) in [6, 6.07) is 17.9. The molecule has 0 saturated carbocycles. The molecule has 1 saturated heterocycles. The van der Waals surface area contributed by atoms with Gasteiger partial charge >= 0.3 is 12.1 Å². The van der Waals surface area contributed by atoms with E-state index in [-0.39, 0.29) is 32.4 Å². The van der Waals surface area contributed by atoms with Crippen LogP contribution in [-0.2, 0) is 32.2 Å². The van der Waals surface area contributed by atoms with Crippen LogP contribution in [0.5, 0.6) is 0 Å². The maximum atomic E-state index is 13.5. The Morgan fingerprint density at radius 3 is 2.20 bits per heavy atom. The lowest BCUT2D eigenvalue weighted by molar-refractivity contribution is -0.142. The number of aryl methyl sites for hydroxylation is 1. The Bertz CT molecular complexity index is 1470. The fraction of sp³-hybridized carbons (Fsp3) is 0.310. The molecule has 2 N–H and O–H groups in total. The molecule has 4 rings (SSSR count). The molecule has 7 nitrogen and oxygen atoms in total. The summed E-state index contributed by atoms with van der Waals surface area (Å²) in [6.07, 6.45) is -4.35. The van der Waals surface area contributed by atoms with Crippen molar-refractivity contribution in [3.8, 4) is 11.1 Å². The van der Waals surface area contributed by atoms with Crippen molar-refractivity contribution >= 4 is 21.9 Å². The van der Waals surface area contributed by atoms with Crippen molar-refractivity contribution in [3.63, 3.8) is 0 Å². The molecule has 0 aromatic heterocycles. The van der Waals surface area contributed by atoms with Crippen LogP contribution in [0, 0.1) is 12.8 Å². The molecular weight excluding hydrogens is 545 g/mol. The topological polar surface area (TPSA) is 104 Å². The summed E-state index contributed by atoms with van der Waals surface area (Å²) in [6.45, 7) is 1.59. The van der Waals surface area contributed by atoms with Crippen molar-refractivity contribution < 1.29 is 36.3 Å². The molecule has 1 amide bonds. The van der Waals surface area contributed by atoms with Crippen LogP contribution in [0.25, 0.3) is 11.1 Å². The van der Waals surface area contributed by atoms with Crippen LogP contribution >= 0.6 is 0 Å². The SMILES string of the molecule is Cc1ccc(-c2ccc(C[C@H](NC(=O)C3CCCN(S(=O)(=O)c4ccccc4C(F)(F)F)C3)C(=O)O)cc2)cc1. The minimum Gasteiger partial charge on any atom is -0.480 e. The van der Waals surface area contributed by atoms with E-state index in [2.05, 4.69) is 5.32 Å². The number of carboxylic acid groups (broad SMARTS) is 1. The predicted octanol–water partition coefficient (Wildman–Crippen LogP) is 4.89. The monoisotopic (exact) mass is 574 g/mol. The van der Waals surface area contributed by atoms with E-state index in [9.17, 15) is 36.3 Å². The largest absolute Gasteiger partial charge is 0.480 e. The standard InChI is InChI=1S/C29H29F3N2O5S/c1-19-8-12-21(13-9-19)22-14-10-20(11-15-22)17-25(28(36)37)33-27(35)23-5-4-16-34(18-23)40(38,39)26-7-3-2-6-24(26)29(30,31)32/h2-3,6-15,23,25H,4-5,16-18H2,1H3,(H,33,35)(H,36,37)/t23?,25-/m0/s1. The average Bonchev–Trinajstić information content (AvgIpc) is 2.93. The number of nitrogens with zero attached hydrogens (tertiary/aromatic N) is 1. The molecule has 40 heavy (non-hydrogen) atoms. The molecule has 1 unspecified atom stereocenters. The number of alkyl halides is 3. The number of carboxylic acids is 1. The highest BCUT2D eigenvalue weighted by Crippen LogP contribution is 2.36. The second-order valence-corrected chi connectivity index (χ2v) is 11.8. The van der Waals surface area contributed by atoms with E-state index >= 15 is 0 Å². The van der Waals surface area contributed by atoms with E-state index in [0.29, 0.717) is 11.6 Å². The molecule has 1 heterocycles. The highest BCUT2D eigenvalue weighted by molar-refractivity contribution is 7.89. The van der Waals surface area contributed by atoms with Gasteiger partial charge in [0, 0.05) is 19.5 Å². The van der Waals surface area contributed by atoms with Gasteiger partial charge in [-0.15, -0.1) is 0 Å². The molecule has 1 aliphatic heterocycles. The van der Waals surface area contributed by atoms with Crippen molar-refractivity contribution in [1.82, 2.24) is 9.62 Å². The lowest BCUT2D eigenvalue weighted by atomic mass is 9.97. The van der Waals surface area contributed by atoms with E-state index in [1.54, 1.807) is 12.1 Å². The Balaban J connectivity index is 1.44. The number of aliphatic carboxylic acids is 1. The molecular formula is C29H29F3N2O5S. The van der Waals surface area contributed by atoms with E-state index in [1.165, 1.54) is 6.07 Å². The zero-order valence-electron chi connectivity index (χ0n) is 21.7. The molecule has 0 spiro atoms. The van der Waals surface area contributed by atoms with Crippen LogP contribution in [0.4, 0.5) is 13.2 Å². The number of hydrogen-bond donors (Lipinski definition) is 2. The highest BCUT2D eigenvalue weighted by atomic mass is 32.2. The molecule has 1 fully saturated rings. The first-order valence-electron chi connectivity index (χ1n) is 12.7. The second-order valence-electron chi connectivity index (χ2n) is 9.86. The summed E-state index contributed by atoms with van der Waals surface area (Å²) < 4.78 is 67.6. The number of hydrogen-bond acceptors (Lipinski definition) is 4. The second kappa shape index (κ2) is 11.8. The van der Waals surface area contributed by atoms with Gasteiger partial charge in [-0.1, -0.05) is 66.2 Å². The third-order valence-corrected chi connectivity index (χ3v) is 8.88. The Kier molecular flexibility index (Phi) is 8.65. The number of sulfonamides is 1. The van der Waals surface area contributed by atoms with E-state index in [1.807, 2.05) is 43.3 Å². The average molecular weight is 575 g/mol. The van der Waals surface area contributed by atoms with Gasteiger partial charge in [0.15, 0.2) is 0 Å². The summed E-state index contributed by atoms with van der Waals surface area (Å²) in [4.78, 5) is 24.1. The van der Waals surface area contributed by atoms with Crippen molar-refractivity contribution in [1.29, 1.82) is 0 Å². The summed E-state index contributed by atoms with van der Waals surface area (Å²) in [7, 11) is -4.55. The van der Waals surface area contributed by atoms with Crippen molar-refractivity contribution in [2.75, 3.05) is 13.1 Å². The number of piperidine rings is 1. The summed E-state index contributed by atoms with van der Waals surface area (Å²) in [5.41, 5.74) is 2.50. The van der Waals surface area contributed by atoms with Crippen LogP contribution in [0.15, 0.2) is 77.7 Å². The molecule has 0 aliphatic carbocycles. The third-order valence-electron chi connectivity index (χ3n) is 6.96. The minimum atomic E-state index is -4.87. The first kappa shape index (κ1) is 29.3. The molecule has 2 atom stereocenters. The van der Waals surface area contributed by atoms with Gasteiger partial charge in [-0.3, -0.25) is 4.79 Å². The van der Waals surface area contributed by atoms with E-state index in [4.69, 9.17) is 0 Å². The normalized spacial score (nSPS) is 17.2. The number of halogens is 3. The zero-order chi connectivity index (χ0) is 29.1. The molecule has 11 heteroatoms. The molecule has 3 aromatic rings. The molecule has 3 aromatic carbocycles. The van der Waals surface area contributed by atoms with Gasteiger partial charge in [0.25, 0.3) is 0 Å². The van der Waals surface area contributed by atoms with Gasteiger partial charge in [-0.25, -0.2) is 13.2 Å². The Hall–Kier alpha value is -3.70. The van der Waals surface area contributed by atoms with Gasteiger partial charge in [0.05, 0.1) is 16.4 Å². The summed E-state index contributed by atoms with van der Waals surface area (Å²) in [5, 5.41) is 12.2. The number of carbonyl (C=O) groups excluding carboxylic acids is 1. The lowest BCUT2D eigenvalue weighted by Crippen LogP contribution is -2.50. The summed E-state index contributed by atoms with van der Waals surface area (Å²) >= 11 is 0. The number of carbonyl (C=O) groups is 2. The van der Waals surface area contributed by atoms with Crippen LogP contribution < -0.4 is 5.32 Å². The van der Waals surface area contributed by atoms with Gasteiger partial charge < -0.3 is 10.4 Å². The lowest BCUT2D eigenvalue weighted by Gasteiger charge is -2.32. The number of rotatable bonds is 8. The van der Waals surface area contributed by atoms with Gasteiger partial charge in [0.2, 0.25) is 15.9 Å². The van der Waals surface area contributed by atoms with Crippen LogP contribution in [0.2, 0.25) is 0 Å². The maximum Gasteiger partial charge on any atom is 0.417 e. The zero-order valence-corrected chi connectivity index (χ0v) is 22.5. The van der Waals surface area contributed by atoms with E-state index < -0.39 is 50.5 Å². The fourth-order valence-electron chi connectivity index (χ4n) is 4.74. The maximum absolute atomic E-state index is 13.5. The van der Waals surface area contributed by atoms with Crippen LogP contribution in [-0.4, -0.2) is 48.8 Å². The van der Waals surface area contributed by atoms with Crippen LogP contribution in [0.3, 0.4) is 0 Å². The molecule has 0 bridgehead atoms. The van der Waals surface area contributed by atoms with Crippen molar-refractivity contribution in [2.24, 2.45) is 5.92 Å². The summed E-state index contributed by atoms with van der Waals surface area (Å²) in [5.74, 6) is -2.82. The van der Waals surface area contributed by atoms with Crippen molar-refractivity contribution in [3.05, 3.63) is 89.5 Å². The van der Waals surface area contributed by atoms with Crippen LogP contribution in [0.1, 0.15) is 29.5 Å². The Labute approximate surface area is 230 Å². The smallest absolute Gasteiger partial charge is 0.417 e. The van der Waals surface area contributed by atoms with E-state index in [0.717, 1.165) is 33.1 Å². The van der Waals surface area contributed by atoms with Gasteiger partial charge in [-0.05, 0) is 48.6 Å². The molecule has 212 valence electrons. The third kappa shape index (κ3) is 6.71. The quantitative estimate of drug-likeness (QED) is 0.399. The first-order chi connectivity index (χ1) is 18.9. The minimum absolute atomic E-state index is 0.00292. The number of benzene rings is 3. The predicted molar refractivity (Wildman–Crippen MR) is 143 cm³/mol. The number of amides is 1. The van der Waals surface area contributed by atoms with Gasteiger partial charge in [-0.2, -0.15) is 17.5 Å². The molecule has 0 radical (unpaired) electrons. The van der Waals surface area contributed by atoms with Gasteiger partial charge in [0.1, 0.15) is 6.04 Å². The number of nitrogens with one attached hydrogen (secondary N) is 1. The fourth-order valence-corrected chi connectivity index (χ4v) is 6.48. The first-order valence-corrected chi connectivity index (χ1v) is 14.2. The highest BCUT2D eigenvalue weighted by Gasteiger charge is 2.41. The van der Waals surface area contributed by atoms with Crippen molar-refractivity contribution in [2.45, 2.75) is 43.3 Å².